The molecular formula is C12H13FN2O2. The molecule has 2 rings (SSSR count). The van der Waals surface area contributed by atoms with E-state index in [0.29, 0.717) is 19.4 Å². The van der Waals surface area contributed by atoms with Gasteiger partial charge in [0.2, 0.25) is 5.91 Å². The van der Waals surface area contributed by atoms with Crippen LogP contribution in [0.15, 0.2) is 40.3 Å². The Kier molecular flexibility index (Phi) is 3.49. The van der Waals surface area contributed by atoms with Crippen molar-refractivity contribution in [2.45, 2.75) is 12.8 Å². The van der Waals surface area contributed by atoms with Gasteiger partial charge >= 0.3 is 0 Å². The minimum Gasteiger partial charge on any atom is -0.387 e. The fraction of sp³-hybridized carbons (Fsp3) is 0.333. The Hall–Kier alpha value is -1.75. The molecule has 0 radical (unpaired) electrons. The number of allylic oxidation sites excluding steroid dienone is 4. The van der Waals surface area contributed by atoms with Gasteiger partial charge in [0.1, 0.15) is 12.4 Å². The molecule has 0 saturated carbocycles. The molecule has 0 aromatic carbocycles. The van der Waals surface area contributed by atoms with Crippen LogP contribution in [0, 0.1) is 0 Å². The van der Waals surface area contributed by atoms with E-state index in [1.807, 2.05) is 0 Å². The maximum atomic E-state index is 13.1. The van der Waals surface area contributed by atoms with Gasteiger partial charge in [-0.2, -0.15) is 0 Å². The molecule has 0 aromatic rings. The molecular weight excluding hydrogens is 223 g/mol. The van der Waals surface area contributed by atoms with Gasteiger partial charge in [-0.25, -0.2) is 4.39 Å². The number of rotatable bonds is 4. The zero-order chi connectivity index (χ0) is 12.3. The van der Waals surface area contributed by atoms with E-state index >= 15 is 0 Å². The molecule has 1 aliphatic heterocycles. The maximum Gasteiger partial charge on any atom is 0.245 e. The van der Waals surface area contributed by atoms with E-state index < -0.39 is 12.5 Å². The van der Waals surface area contributed by atoms with Crippen LogP contribution in [0.5, 0.6) is 0 Å². The van der Waals surface area contributed by atoms with Crippen molar-refractivity contribution in [2.75, 3.05) is 13.2 Å². The van der Waals surface area contributed by atoms with Crippen molar-refractivity contribution in [1.29, 1.82) is 0 Å². The van der Waals surface area contributed by atoms with E-state index in [1.165, 1.54) is 12.2 Å². The molecule has 0 spiro atoms. The van der Waals surface area contributed by atoms with Crippen molar-refractivity contribution in [3.63, 3.8) is 0 Å². The number of aliphatic hydroxyl groups is 1. The molecule has 2 aliphatic rings. The number of fused-ring (bicyclic) bond motifs is 1. The number of hydrogen-bond acceptors (Lipinski definition) is 3. The molecule has 4 nitrogen and oxygen atoms in total. The first-order chi connectivity index (χ1) is 8.20. The lowest BCUT2D eigenvalue weighted by atomic mass is 9.95. The molecule has 0 bridgehead atoms. The molecule has 2 N–H and O–H groups in total. The second-order valence-electron chi connectivity index (χ2n) is 3.84. The monoisotopic (exact) mass is 236 g/mol. The third-order valence-corrected chi connectivity index (χ3v) is 2.67. The lowest BCUT2D eigenvalue weighted by Crippen LogP contribution is -2.27. The van der Waals surface area contributed by atoms with Crippen molar-refractivity contribution >= 4 is 11.6 Å². The molecule has 90 valence electrons. The smallest absolute Gasteiger partial charge is 0.245 e. The highest BCUT2D eigenvalue weighted by molar-refractivity contribution is 6.08. The van der Waals surface area contributed by atoms with Crippen molar-refractivity contribution in [3.8, 4) is 0 Å². The van der Waals surface area contributed by atoms with Crippen LogP contribution in [-0.4, -0.2) is 29.9 Å². The summed E-state index contributed by atoms with van der Waals surface area (Å²) in [6, 6.07) is 0. The normalized spacial score (nSPS) is 17.8. The summed E-state index contributed by atoms with van der Waals surface area (Å²) < 4.78 is 13.1. The molecule has 0 atom stereocenters. The molecule has 1 amide bonds. The highest BCUT2D eigenvalue weighted by atomic mass is 19.1. The number of nitrogens with one attached hydrogen (secondary N) is 1. The summed E-state index contributed by atoms with van der Waals surface area (Å²) in [6.45, 7) is -0.0996. The molecule has 1 heterocycles. The van der Waals surface area contributed by atoms with E-state index in [0.717, 1.165) is 16.9 Å². The SMILES string of the molecule is O=C(CO)NCCC1=CN=C2CC=C(F)C=C12. The van der Waals surface area contributed by atoms with Gasteiger partial charge in [-0.15, -0.1) is 0 Å². The minimum atomic E-state index is -0.513. The van der Waals surface area contributed by atoms with Gasteiger partial charge in [-0.1, -0.05) is 0 Å². The molecule has 0 unspecified atom stereocenters. The minimum absolute atomic E-state index is 0.244. The molecule has 0 aromatic heterocycles. The number of halogens is 1. The second-order valence-corrected chi connectivity index (χ2v) is 3.84. The number of nitrogens with zero attached hydrogens (tertiary/aromatic N) is 1. The molecule has 0 saturated heterocycles. The van der Waals surface area contributed by atoms with E-state index in [1.54, 1.807) is 6.20 Å². The lowest BCUT2D eigenvalue weighted by Gasteiger charge is -2.11. The van der Waals surface area contributed by atoms with E-state index in [-0.39, 0.29) is 5.83 Å². The molecule has 5 heteroatoms. The third-order valence-electron chi connectivity index (χ3n) is 2.67. The summed E-state index contributed by atoms with van der Waals surface area (Å²) in [5, 5.41) is 11.1. The zero-order valence-electron chi connectivity index (χ0n) is 9.24. The van der Waals surface area contributed by atoms with Gasteiger partial charge in [0, 0.05) is 24.7 Å². The van der Waals surface area contributed by atoms with E-state index in [2.05, 4.69) is 10.3 Å². The summed E-state index contributed by atoms with van der Waals surface area (Å²) in [4.78, 5) is 15.0. The predicted molar refractivity (Wildman–Crippen MR) is 62.1 cm³/mol. The van der Waals surface area contributed by atoms with Crippen molar-refractivity contribution in [3.05, 3.63) is 35.3 Å². The Morgan fingerprint density at radius 1 is 1.59 bits per heavy atom. The van der Waals surface area contributed by atoms with Crippen molar-refractivity contribution in [2.24, 2.45) is 4.99 Å². The van der Waals surface area contributed by atoms with Gasteiger partial charge < -0.3 is 10.4 Å². The first-order valence-electron chi connectivity index (χ1n) is 5.42. The summed E-state index contributed by atoms with van der Waals surface area (Å²) in [5.74, 6) is -0.653. The van der Waals surface area contributed by atoms with Crippen LogP contribution in [0.1, 0.15) is 12.8 Å². The van der Waals surface area contributed by atoms with Gasteiger partial charge in [-0.05, 0) is 24.1 Å². The number of carbonyl (C=O) groups excluding carboxylic acids is 1. The van der Waals surface area contributed by atoms with E-state index in [4.69, 9.17) is 5.11 Å². The fourth-order valence-electron chi connectivity index (χ4n) is 1.80. The molecule has 17 heavy (non-hydrogen) atoms. The third kappa shape index (κ3) is 2.68. The molecule has 1 aliphatic carbocycles. The summed E-state index contributed by atoms with van der Waals surface area (Å²) in [5.41, 5.74) is 2.61. The van der Waals surface area contributed by atoms with Crippen molar-refractivity contribution < 1.29 is 14.3 Å². The summed E-state index contributed by atoms with van der Waals surface area (Å²) >= 11 is 0. The molecule has 0 fully saturated rings. The average molecular weight is 236 g/mol. The topological polar surface area (TPSA) is 61.7 Å². The lowest BCUT2D eigenvalue weighted by molar-refractivity contribution is -0.123. The summed E-state index contributed by atoms with van der Waals surface area (Å²) in [6.07, 6.45) is 5.76. The number of amides is 1. The average Bonchev–Trinajstić information content (AvgIpc) is 2.72. The van der Waals surface area contributed by atoms with Crippen LogP contribution in [-0.2, 0) is 4.79 Å². The summed E-state index contributed by atoms with van der Waals surface area (Å²) in [7, 11) is 0. The van der Waals surface area contributed by atoms with Crippen LogP contribution >= 0.6 is 0 Å². The quantitative estimate of drug-likeness (QED) is 0.765. The zero-order valence-corrected chi connectivity index (χ0v) is 9.24. The number of carbonyl (C=O) groups is 1. The Labute approximate surface area is 98.2 Å². The first kappa shape index (κ1) is 11.7. The van der Waals surface area contributed by atoms with E-state index in [9.17, 15) is 9.18 Å². The maximum absolute atomic E-state index is 13.1. The Balaban J connectivity index is 1.92. The Morgan fingerprint density at radius 2 is 2.41 bits per heavy atom. The highest BCUT2D eigenvalue weighted by Crippen LogP contribution is 2.28. The fourth-order valence-corrected chi connectivity index (χ4v) is 1.80. The Bertz CT molecular complexity index is 461. The van der Waals surface area contributed by atoms with Crippen LogP contribution < -0.4 is 5.32 Å². The number of aliphatic hydroxyl groups excluding tert-OH is 1. The largest absolute Gasteiger partial charge is 0.387 e. The van der Waals surface area contributed by atoms with Crippen LogP contribution in [0.25, 0.3) is 0 Å². The second kappa shape index (κ2) is 5.05. The first-order valence-corrected chi connectivity index (χ1v) is 5.42. The van der Waals surface area contributed by atoms with Crippen LogP contribution in [0.2, 0.25) is 0 Å². The number of aliphatic imine (C=N–C) groups is 1. The van der Waals surface area contributed by atoms with Gasteiger partial charge in [0.05, 0.1) is 5.71 Å². The predicted octanol–water partition coefficient (Wildman–Crippen LogP) is 1.01. The highest BCUT2D eigenvalue weighted by Gasteiger charge is 2.20. The van der Waals surface area contributed by atoms with Crippen LogP contribution in [0.4, 0.5) is 4.39 Å². The standard InChI is InChI=1S/C12H13FN2O2/c13-9-1-2-11-10(5-9)8(6-15-11)3-4-14-12(17)7-16/h1,5-6,16H,2-4,7H2,(H,14,17). The van der Waals surface area contributed by atoms with Gasteiger partial charge in [-0.3, -0.25) is 9.79 Å². The van der Waals surface area contributed by atoms with Crippen molar-refractivity contribution in [1.82, 2.24) is 5.32 Å². The van der Waals surface area contributed by atoms with Crippen LogP contribution in [0.3, 0.4) is 0 Å². The van der Waals surface area contributed by atoms with Gasteiger partial charge in [0.25, 0.3) is 0 Å². The van der Waals surface area contributed by atoms with Gasteiger partial charge in [0.15, 0.2) is 0 Å². The Morgan fingerprint density at radius 3 is 3.18 bits per heavy atom. The number of hydrogen-bond donors (Lipinski definition) is 2.